The zero-order valence-electron chi connectivity index (χ0n) is 25.4. The smallest absolute Gasteiger partial charge is 0.439 e. The number of methoxy groups -OCH3 is 1. The van der Waals surface area contributed by atoms with Crippen LogP contribution in [0.15, 0.2) is 41.6 Å². The molecule has 2 rings (SSSR count). The highest BCUT2D eigenvalue weighted by molar-refractivity contribution is 6.07. The van der Waals surface area contributed by atoms with Crippen molar-refractivity contribution in [2.24, 2.45) is 5.16 Å². The Kier molecular flexibility index (Phi) is 11.0. The van der Waals surface area contributed by atoms with Gasteiger partial charge in [0.05, 0.1) is 18.4 Å². The molecular weight excluding hydrogens is 530 g/mol. The lowest BCUT2D eigenvalue weighted by atomic mass is 10.0. The molecule has 0 saturated heterocycles. The van der Waals surface area contributed by atoms with Crippen molar-refractivity contribution in [1.29, 1.82) is 0 Å². The monoisotopic (exact) mass is 569 g/mol. The van der Waals surface area contributed by atoms with Crippen molar-refractivity contribution in [2.75, 3.05) is 13.9 Å². The van der Waals surface area contributed by atoms with Crippen LogP contribution in [0.5, 0.6) is 5.75 Å². The number of oxime groups is 1. The summed E-state index contributed by atoms with van der Waals surface area (Å²) in [6, 6.07) is 10.0. The third kappa shape index (κ3) is 8.54. The van der Waals surface area contributed by atoms with Gasteiger partial charge in [-0.25, -0.2) is 14.6 Å². The number of hydrogen-bond donors (Lipinski definition) is 0. The first-order valence-corrected chi connectivity index (χ1v) is 13.0. The number of carbonyl (C=O) groups excluding carboxylic acids is 4. The highest BCUT2D eigenvalue weighted by atomic mass is 16.7. The topological polar surface area (TPSA) is 124 Å². The van der Waals surface area contributed by atoms with E-state index in [0.29, 0.717) is 22.0 Å². The van der Waals surface area contributed by atoms with Gasteiger partial charge in [-0.15, -0.1) is 5.01 Å². The van der Waals surface area contributed by atoms with Gasteiger partial charge in [-0.2, -0.15) is 0 Å². The number of benzene rings is 2. The van der Waals surface area contributed by atoms with Gasteiger partial charge < -0.3 is 19.0 Å². The number of aryl methyl sites for hydroxylation is 2. The van der Waals surface area contributed by atoms with Gasteiger partial charge >= 0.3 is 12.1 Å². The Morgan fingerprint density at radius 1 is 0.927 bits per heavy atom. The van der Waals surface area contributed by atoms with Crippen LogP contribution in [0.4, 0.5) is 4.79 Å². The van der Waals surface area contributed by atoms with Gasteiger partial charge in [-0.3, -0.25) is 9.59 Å². The maximum Gasteiger partial charge on any atom is 0.439 e. The minimum atomic E-state index is -1.23. The molecule has 0 aliphatic carbocycles. The van der Waals surface area contributed by atoms with E-state index in [9.17, 15) is 19.2 Å². The fraction of sp³-hybridized carbons (Fsp3) is 0.433. The van der Waals surface area contributed by atoms with Crippen LogP contribution >= 0.6 is 0 Å². The Hall–Kier alpha value is -4.41. The zero-order chi connectivity index (χ0) is 31.1. The summed E-state index contributed by atoms with van der Waals surface area (Å²) in [5.41, 5.74) is 2.01. The second kappa shape index (κ2) is 13.8. The Labute approximate surface area is 240 Å². The molecule has 0 aromatic heterocycles. The standard InChI is InChI=1S/C30H39N3O8/c1-18(2)31-41-22(6)28(36)39-17-40-29(37)32(27(35)24-12-11-13-25(38-10)21(24)5)33(30(7,8)9)26(34)23-15-19(3)14-20(4)16-23/h11-16,22H,17H2,1-10H3. The van der Waals surface area contributed by atoms with Crippen molar-refractivity contribution in [3.8, 4) is 5.75 Å². The zero-order valence-corrected chi connectivity index (χ0v) is 25.4. The summed E-state index contributed by atoms with van der Waals surface area (Å²) in [5, 5.41) is 5.37. The molecule has 0 bridgehead atoms. The number of carbonyl (C=O) groups is 4. The first-order chi connectivity index (χ1) is 19.1. The predicted molar refractivity (Wildman–Crippen MR) is 153 cm³/mol. The maximum atomic E-state index is 14.0. The van der Waals surface area contributed by atoms with Crippen molar-refractivity contribution >= 4 is 29.6 Å². The van der Waals surface area contributed by atoms with Crippen LogP contribution < -0.4 is 4.74 Å². The van der Waals surface area contributed by atoms with Gasteiger partial charge in [-0.1, -0.05) is 28.4 Å². The van der Waals surface area contributed by atoms with E-state index in [1.807, 2.05) is 19.9 Å². The number of hydrazine groups is 1. The molecule has 41 heavy (non-hydrogen) atoms. The molecule has 0 saturated carbocycles. The Morgan fingerprint density at radius 3 is 2.07 bits per heavy atom. The number of nitrogens with zero attached hydrogens (tertiary/aromatic N) is 3. The molecule has 0 spiro atoms. The van der Waals surface area contributed by atoms with Crippen LogP contribution in [0.3, 0.4) is 0 Å². The number of amides is 3. The Bertz CT molecular complexity index is 1310. The van der Waals surface area contributed by atoms with Gasteiger partial charge in [-0.05, 0) is 86.6 Å². The SMILES string of the molecule is COc1cccc(C(=O)N(C(=O)OCOC(=O)C(C)ON=C(C)C)N(C(=O)c2cc(C)cc(C)c2)C(C)(C)C)c1C. The molecule has 3 amide bonds. The van der Waals surface area contributed by atoms with Gasteiger partial charge in [0.25, 0.3) is 11.8 Å². The normalized spacial score (nSPS) is 11.6. The van der Waals surface area contributed by atoms with Crippen LogP contribution in [0.25, 0.3) is 0 Å². The van der Waals surface area contributed by atoms with Crippen molar-refractivity contribution in [1.82, 2.24) is 10.0 Å². The summed E-state index contributed by atoms with van der Waals surface area (Å²) in [5.74, 6) is -1.87. The molecule has 2 aromatic rings. The lowest BCUT2D eigenvalue weighted by molar-refractivity contribution is -0.165. The van der Waals surface area contributed by atoms with Crippen molar-refractivity contribution in [2.45, 2.75) is 74.0 Å². The van der Waals surface area contributed by atoms with Crippen molar-refractivity contribution in [3.63, 3.8) is 0 Å². The summed E-state index contributed by atoms with van der Waals surface area (Å²) in [7, 11) is 1.46. The van der Waals surface area contributed by atoms with Crippen LogP contribution in [0, 0.1) is 20.8 Å². The van der Waals surface area contributed by atoms with E-state index >= 15 is 0 Å². The van der Waals surface area contributed by atoms with Crippen molar-refractivity contribution < 1.29 is 38.2 Å². The number of imide groups is 1. The molecule has 11 heteroatoms. The summed E-state index contributed by atoms with van der Waals surface area (Å²) < 4.78 is 15.6. The molecule has 222 valence electrons. The minimum absolute atomic E-state index is 0.107. The molecule has 0 heterocycles. The number of rotatable bonds is 8. The fourth-order valence-corrected chi connectivity index (χ4v) is 3.90. The van der Waals surface area contributed by atoms with E-state index in [4.69, 9.17) is 19.0 Å². The lowest BCUT2D eigenvalue weighted by Crippen LogP contribution is -2.60. The highest BCUT2D eigenvalue weighted by Gasteiger charge is 2.41. The van der Waals surface area contributed by atoms with Gasteiger partial charge in [0.1, 0.15) is 5.75 Å². The quantitative estimate of drug-likeness (QED) is 0.180. The third-order valence-electron chi connectivity index (χ3n) is 5.71. The predicted octanol–water partition coefficient (Wildman–Crippen LogP) is 5.36. The van der Waals surface area contributed by atoms with Gasteiger partial charge in [0, 0.05) is 16.7 Å². The lowest BCUT2D eigenvalue weighted by Gasteiger charge is -2.41. The first-order valence-electron chi connectivity index (χ1n) is 13.0. The summed E-state index contributed by atoms with van der Waals surface area (Å²) >= 11 is 0. The molecular formula is C30H39N3O8. The van der Waals surface area contributed by atoms with E-state index in [1.54, 1.807) is 65.8 Å². The average Bonchev–Trinajstić information content (AvgIpc) is 2.88. The summed E-state index contributed by atoms with van der Waals surface area (Å²) in [6.07, 6.45) is -2.30. The van der Waals surface area contributed by atoms with E-state index in [-0.39, 0.29) is 11.1 Å². The second-order valence-corrected chi connectivity index (χ2v) is 10.7. The van der Waals surface area contributed by atoms with E-state index in [2.05, 4.69) is 5.16 Å². The second-order valence-electron chi connectivity index (χ2n) is 10.7. The molecule has 1 unspecified atom stereocenters. The largest absolute Gasteiger partial charge is 0.496 e. The maximum absolute atomic E-state index is 14.0. The molecule has 0 aliphatic rings. The highest BCUT2D eigenvalue weighted by Crippen LogP contribution is 2.27. The molecule has 0 aliphatic heterocycles. The molecule has 1 atom stereocenters. The van der Waals surface area contributed by atoms with Crippen molar-refractivity contribution in [3.05, 3.63) is 64.2 Å². The summed E-state index contributed by atoms with van der Waals surface area (Å²) in [4.78, 5) is 58.8. The van der Waals surface area contributed by atoms with E-state index < -0.39 is 42.3 Å². The molecule has 0 fully saturated rings. The molecule has 11 nitrogen and oxygen atoms in total. The van der Waals surface area contributed by atoms with Crippen LogP contribution in [-0.2, 0) is 19.1 Å². The van der Waals surface area contributed by atoms with E-state index in [1.165, 1.54) is 20.1 Å². The average molecular weight is 570 g/mol. The van der Waals surface area contributed by atoms with Gasteiger partial charge in [0.2, 0.25) is 12.9 Å². The third-order valence-corrected chi connectivity index (χ3v) is 5.71. The van der Waals surface area contributed by atoms with E-state index in [0.717, 1.165) is 16.1 Å². The number of esters is 1. The van der Waals surface area contributed by atoms with Crippen LogP contribution in [0.1, 0.15) is 78.9 Å². The summed E-state index contributed by atoms with van der Waals surface area (Å²) in [6.45, 7) is 14.3. The molecule has 2 aromatic carbocycles. The fourth-order valence-electron chi connectivity index (χ4n) is 3.90. The molecule has 0 N–H and O–H groups in total. The number of ether oxygens (including phenoxy) is 3. The number of hydrogen-bond acceptors (Lipinski definition) is 9. The minimum Gasteiger partial charge on any atom is -0.496 e. The Balaban J connectivity index is 2.51. The first kappa shape index (κ1) is 32.8. The molecule has 0 radical (unpaired) electrons. The van der Waals surface area contributed by atoms with Crippen LogP contribution in [0.2, 0.25) is 0 Å². The Morgan fingerprint density at radius 2 is 1.54 bits per heavy atom. The van der Waals surface area contributed by atoms with Crippen LogP contribution in [-0.4, -0.2) is 65.2 Å². The van der Waals surface area contributed by atoms with Gasteiger partial charge in [0.15, 0.2) is 0 Å².